The summed E-state index contributed by atoms with van der Waals surface area (Å²) in [5.74, 6) is -0.936. The van der Waals surface area contributed by atoms with Crippen LogP contribution in [-0.4, -0.2) is 46.0 Å². The molecule has 1 saturated heterocycles. The first-order chi connectivity index (χ1) is 11.5. The number of carbonyl (C=O) groups is 2. The number of aryl methyl sites for hydroxylation is 1. The molecule has 0 saturated carbocycles. The number of carbonyl (C=O) groups excluding carboxylic acids is 1. The highest BCUT2D eigenvalue weighted by atomic mass is 16.6. The lowest BCUT2D eigenvalue weighted by atomic mass is 10.0. The lowest BCUT2D eigenvalue weighted by Gasteiger charge is -2.35. The fourth-order valence-electron chi connectivity index (χ4n) is 2.92. The molecule has 1 fully saturated rings. The van der Waals surface area contributed by atoms with Gasteiger partial charge in [0, 0.05) is 0 Å². The maximum Gasteiger partial charge on any atom is 0.412 e. The molecule has 138 valence electrons. The van der Waals surface area contributed by atoms with E-state index < -0.39 is 17.3 Å². The number of amides is 1. The topological polar surface area (TPSA) is 76.1 Å². The van der Waals surface area contributed by atoms with Crippen LogP contribution in [0.2, 0.25) is 0 Å². The number of carboxylic acids is 1. The average Bonchev–Trinajstić information content (AvgIpc) is 2.78. The van der Waals surface area contributed by atoms with Gasteiger partial charge in [-0.2, -0.15) is 0 Å². The largest absolute Gasteiger partial charge is 0.478 e. The third kappa shape index (κ3) is 4.95. The van der Waals surface area contributed by atoms with Crippen LogP contribution in [0.5, 0.6) is 0 Å². The van der Waals surface area contributed by atoms with Gasteiger partial charge >= 0.3 is 12.1 Å². The van der Waals surface area contributed by atoms with Crippen molar-refractivity contribution in [2.24, 2.45) is 0 Å². The molecule has 1 aromatic rings. The molecule has 1 aliphatic heterocycles. The first kappa shape index (κ1) is 19.2. The van der Waals surface area contributed by atoms with Crippen LogP contribution in [0.1, 0.15) is 57.0 Å². The minimum atomic E-state index is -0.936. The van der Waals surface area contributed by atoms with Crippen molar-refractivity contribution in [2.75, 3.05) is 6.61 Å². The van der Waals surface area contributed by atoms with E-state index in [1.54, 1.807) is 17.0 Å². The Kier molecular flexibility index (Phi) is 5.42. The molecule has 6 nitrogen and oxygen atoms in total. The van der Waals surface area contributed by atoms with Crippen molar-refractivity contribution in [1.82, 2.24) is 4.90 Å². The van der Waals surface area contributed by atoms with E-state index in [1.807, 2.05) is 46.8 Å². The Balaban J connectivity index is 2.04. The molecule has 0 aromatic heterocycles. The third-order valence-corrected chi connectivity index (χ3v) is 4.13. The molecule has 1 heterocycles. The first-order valence-corrected chi connectivity index (χ1v) is 8.48. The molecular formula is C19H27NO5. The molecule has 1 N–H and O–H groups in total. The molecule has 1 aliphatic rings. The summed E-state index contributed by atoms with van der Waals surface area (Å²) in [6.45, 7) is 9.70. The average molecular weight is 349 g/mol. The minimum Gasteiger partial charge on any atom is -0.478 e. The smallest absolute Gasteiger partial charge is 0.412 e. The van der Waals surface area contributed by atoms with E-state index in [9.17, 15) is 9.59 Å². The Morgan fingerprint density at radius 2 is 1.88 bits per heavy atom. The van der Waals surface area contributed by atoms with Gasteiger partial charge in [0.15, 0.2) is 0 Å². The van der Waals surface area contributed by atoms with Crippen LogP contribution in [0.4, 0.5) is 4.79 Å². The van der Waals surface area contributed by atoms with Crippen LogP contribution >= 0.6 is 0 Å². The normalized spacial score (nSPS) is 19.7. The summed E-state index contributed by atoms with van der Waals surface area (Å²) in [7, 11) is 0. The zero-order valence-corrected chi connectivity index (χ0v) is 15.5. The number of rotatable bonds is 4. The Hall–Kier alpha value is -2.08. The lowest BCUT2D eigenvalue weighted by Crippen LogP contribution is -2.49. The van der Waals surface area contributed by atoms with Crippen molar-refractivity contribution in [3.63, 3.8) is 0 Å². The van der Waals surface area contributed by atoms with Gasteiger partial charge < -0.3 is 14.6 Å². The standard InChI is InChI=1S/C19H27NO5/c1-18(2,3)25-17(23)20-15(12-24-19(20,4)5)11-8-13-6-9-14(10-7-13)16(21)22/h6-7,9-10,15H,8,11-12H2,1-5H3,(H,21,22)/t15-/m0/s1. The molecule has 1 atom stereocenters. The Morgan fingerprint density at radius 3 is 2.40 bits per heavy atom. The number of nitrogens with zero attached hydrogens (tertiary/aromatic N) is 1. The van der Waals surface area contributed by atoms with E-state index in [0.29, 0.717) is 6.61 Å². The molecule has 0 spiro atoms. The number of aromatic carboxylic acids is 1. The quantitative estimate of drug-likeness (QED) is 0.897. The van der Waals surface area contributed by atoms with Crippen LogP contribution in [-0.2, 0) is 15.9 Å². The van der Waals surface area contributed by atoms with Gasteiger partial charge in [0.25, 0.3) is 0 Å². The lowest BCUT2D eigenvalue weighted by molar-refractivity contribution is -0.0626. The zero-order chi connectivity index (χ0) is 18.8. The van der Waals surface area contributed by atoms with Crippen LogP contribution < -0.4 is 0 Å². The second-order valence-corrected chi connectivity index (χ2v) is 7.80. The molecule has 2 rings (SSSR count). The molecule has 1 aromatic carbocycles. The van der Waals surface area contributed by atoms with Gasteiger partial charge in [-0.25, -0.2) is 9.59 Å². The molecule has 0 bridgehead atoms. The van der Waals surface area contributed by atoms with Gasteiger partial charge in [0.05, 0.1) is 18.2 Å². The van der Waals surface area contributed by atoms with Gasteiger partial charge in [0.1, 0.15) is 11.3 Å². The van der Waals surface area contributed by atoms with Crippen LogP contribution in [0.15, 0.2) is 24.3 Å². The van der Waals surface area contributed by atoms with Crippen molar-refractivity contribution >= 4 is 12.1 Å². The molecule has 6 heteroatoms. The van der Waals surface area contributed by atoms with Gasteiger partial charge in [-0.1, -0.05) is 12.1 Å². The zero-order valence-electron chi connectivity index (χ0n) is 15.5. The number of benzene rings is 1. The predicted molar refractivity (Wildman–Crippen MR) is 93.6 cm³/mol. The van der Waals surface area contributed by atoms with Crippen molar-refractivity contribution in [3.8, 4) is 0 Å². The van der Waals surface area contributed by atoms with Gasteiger partial charge in [-0.15, -0.1) is 0 Å². The van der Waals surface area contributed by atoms with Crippen LogP contribution in [0.25, 0.3) is 0 Å². The van der Waals surface area contributed by atoms with E-state index in [-0.39, 0.29) is 17.7 Å². The molecular weight excluding hydrogens is 322 g/mol. The summed E-state index contributed by atoms with van der Waals surface area (Å²) in [5, 5.41) is 8.95. The number of carboxylic acid groups (broad SMARTS) is 1. The number of ether oxygens (including phenoxy) is 2. The van der Waals surface area contributed by atoms with Crippen molar-refractivity contribution in [2.45, 2.75) is 64.8 Å². The summed E-state index contributed by atoms with van der Waals surface area (Å²) in [4.78, 5) is 25.2. The van der Waals surface area contributed by atoms with Gasteiger partial charge in [0.2, 0.25) is 0 Å². The van der Waals surface area contributed by atoms with Crippen LogP contribution in [0, 0.1) is 0 Å². The first-order valence-electron chi connectivity index (χ1n) is 8.48. The maximum absolute atomic E-state index is 12.6. The second-order valence-electron chi connectivity index (χ2n) is 7.80. The molecule has 0 aliphatic carbocycles. The van der Waals surface area contributed by atoms with Gasteiger partial charge in [-0.05, 0) is 65.2 Å². The molecule has 25 heavy (non-hydrogen) atoms. The molecule has 0 radical (unpaired) electrons. The predicted octanol–water partition coefficient (Wildman–Crippen LogP) is 3.69. The SMILES string of the molecule is CC(C)(C)OC(=O)N1[C@@H](CCc2ccc(C(=O)O)cc2)COC1(C)C. The van der Waals surface area contributed by atoms with E-state index >= 15 is 0 Å². The summed E-state index contributed by atoms with van der Waals surface area (Å²) in [6.07, 6.45) is 1.07. The van der Waals surface area contributed by atoms with Crippen molar-refractivity contribution in [1.29, 1.82) is 0 Å². The van der Waals surface area contributed by atoms with Crippen molar-refractivity contribution < 1.29 is 24.2 Å². The summed E-state index contributed by atoms with van der Waals surface area (Å²) < 4.78 is 11.3. The summed E-state index contributed by atoms with van der Waals surface area (Å²) in [5.41, 5.74) is 0.0240. The Bertz CT molecular complexity index is 630. The highest BCUT2D eigenvalue weighted by Gasteiger charge is 2.45. The van der Waals surface area contributed by atoms with E-state index in [2.05, 4.69) is 0 Å². The van der Waals surface area contributed by atoms with Crippen LogP contribution in [0.3, 0.4) is 0 Å². The number of hydrogen-bond acceptors (Lipinski definition) is 4. The highest BCUT2D eigenvalue weighted by molar-refractivity contribution is 5.87. The summed E-state index contributed by atoms with van der Waals surface area (Å²) in [6, 6.07) is 6.73. The monoisotopic (exact) mass is 349 g/mol. The van der Waals surface area contributed by atoms with E-state index in [0.717, 1.165) is 18.4 Å². The Morgan fingerprint density at radius 1 is 1.28 bits per heavy atom. The minimum absolute atomic E-state index is 0.0796. The van der Waals surface area contributed by atoms with E-state index in [4.69, 9.17) is 14.6 Å². The maximum atomic E-state index is 12.6. The summed E-state index contributed by atoms with van der Waals surface area (Å²) >= 11 is 0. The highest BCUT2D eigenvalue weighted by Crippen LogP contribution is 2.31. The molecule has 1 amide bonds. The third-order valence-electron chi connectivity index (χ3n) is 4.13. The molecule has 0 unspecified atom stereocenters. The second kappa shape index (κ2) is 7.04. The fourth-order valence-corrected chi connectivity index (χ4v) is 2.92. The Labute approximate surface area is 148 Å². The van der Waals surface area contributed by atoms with Crippen molar-refractivity contribution in [3.05, 3.63) is 35.4 Å². The van der Waals surface area contributed by atoms with Gasteiger partial charge in [-0.3, -0.25) is 4.90 Å². The number of hydrogen-bond donors (Lipinski definition) is 1. The fraction of sp³-hybridized carbons (Fsp3) is 0.579. The van der Waals surface area contributed by atoms with E-state index in [1.165, 1.54) is 0 Å².